The fourth-order valence-electron chi connectivity index (χ4n) is 1.39. The van der Waals surface area contributed by atoms with E-state index >= 15 is 0 Å². The molecule has 2 rings (SSSR count). The fraction of sp³-hybridized carbons (Fsp3) is 0.231. The minimum Gasteiger partial charge on any atom is -0.325 e. The van der Waals surface area contributed by atoms with Gasteiger partial charge in [0.15, 0.2) is 4.34 Å². The number of hydrogen-bond acceptors (Lipinski definition) is 4. The molecular weight excluding hydrogens is 300 g/mol. The lowest BCUT2D eigenvalue weighted by Crippen LogP contribution is -2.13. The van der Waals surface area contributed by atoms with Crippen LogP contribution in [-0.4, -0.2) is 16.6 Å². The summed E-state index contributed by atoms with van der Waals surface area (Å²) in [6.07, 6.45) is 0. The Kier molecular flexibility index (Phi) is 4.85. The number of hydrogen-bond donors (Lipinski definition) is 1. The molecule has 1 heterocycles. The van der Waals surface area contributed by atoms with Crippen LogP contribution in [0.2, 0.25) is 5.02 Å². The van der Waals surface area contributed by atoms with E-state index in [1.165, 1.54) is 11.8 Å². The minimum absolute atomic E-state index is 0.0576. The maximum Gasteiger partial charge on any atom is 0.234 e. The Morgan fingerprint density at radius 2 is 2.26 bits per heavy atom. The summed E-state index contributed by atoms with van der Waals surface area (Å²) < 4.78 is 0.912. The molecule has 1 N–H and O–H groups in total. The molecule has 0 atom stereocenters. The maximum absolute atomic E-state index is 11.8. The first kappa shape index (κ1) is 14.4. The van der Waals surface area contributed by atoms with Crippen LogP contribution in [0.25, 0.3) is 0 Å². The van der Waals surface area contributed by atoms with Gasteiger partial charge in [0.2, 0.25) is 5.91 Å². The number of benzene rings is 1. The van der Waals surface area contributed by atoms with Crippen molar-refractivity contribution >= 4 is 46.3 Å². The quantitative estimate of drug-likeness (QED) is 0.863. The number of thioether (sulfide) groups is 1. The molecule has 0 bridgehead atoms. The van der Waals surface area contributed by atoms with Gasteiger partial charge in [0.05, 0.1) is 5.75 Å². The van der Waals surface area contributed by atoms with E-state index < -0.39 is 0 Å². The molecule has 100 valence electrons. The van der Waals surface area contributed by atoms with E-state index in [9.17, 15) is 4.79 Å². The van der Waals surface area contributed by atoms with Crippen LogP contribution in [-0.2, 0) is 4.79 Å². The van der Waals surface area contributed by atoms with Crippen LogP contribution in [0.3, 0.4) is 0 Å². The van der Waals surface area contributed by atoms with E-state index in [1.54, 1.807) is 17.4 Å². The van der Waals surface area contributed by atoms with E-state index in [-0.39, 0.29) is 5.91 Å². The first-order valence-electron chi connectivity index (χ1n) is 5.65. The number of amides is 1. The van der Waals surface area contributed by atoms with E-state index in [4.69, 9.17) is 11.6 Å². The minimum atomic E-state index is -0.0576. The molecule has 1 aromatic carbocycles. The van der Waals surface area contributed by atoms with Crippen LogP contribution < -0.4 is 5.32 Å². The van der Waals surface area contributed by atoms with Gasteiger partial charge in [-0.2, -0.15) is 0 Å². The van der Waals surface area contributed by atoms with Gasteiger partial charge < -0.3 is 5.32 Å². The zero-order valence-electron chi connectivity index (χ0n) is 10.6. The summed E-state index contributed by atoms with van der Waals surface area (Å²) in [4.78, 5) is 16.1. The van der Waals surface area contributed by atoms with Gasteiger partial charge >= 0.3 is 0 Å². The highest BCUT2D eigenvalue weighted by molar-refractivity contribution is 8.01. The van der Waals surface area contributed by atoms with E-state index in [1.807, 2.05) is 31.4 Å². The van der Waals surface area contributed by atoms with Crippen molar-refractivity contribution in [1.29, 1.82) is 0 Å². The Bertz CT molecular complexity index is 598. The lowest BCUT2D eigenvalue weighted by Gasteiger charge is -2.06. The fourth-order valence-corrected chi connectivity index (χ4v) is 3.22. The van der Waals surface area contributed by atoms with Crippen molar-refractivity contribution in [2.45, 2.75) is 18.2 Å². The van der Waals surface area contributed by atoms with Crippen LogP contribution in [0.1, 0.15) is 11.3 Å². The molecule has 6 heteroatoms. The second kappa shape index (κ2) is 6.41. The van der Waals surface area contributed by atoms with Crippen LogP contribution >= 0.6 is 34.7 Å². The van der Waals surface area contributed by atoms with Crippen LogP contribution in [0.4, 0.5) is 5.69 Å². The molecule has 19 heavy (non-hydrogen) atoms. The zero-order valence-corrected chi connectivity index (χ0v) is 13.0. The normalized spacial score (nSPS) is 10.5. The summed E-state index contributed by atoms with van der Waals surface area (Å²) in [6, 6.07) is 5.49. The zero-order chi connectivity index (χ0) is 13.8. The number of thiazole rings is 1. The third-order valence-electron chi connectivity index (χ3n) is 2.38. The largest absolute Gasteiger partial charge is 0.325 e. The third kappa shape index (κ3) is 4.23. The van der Waals surface area contributed by atoms with Crippen LogP contribution in [0, 0.1) is 13.8 Å². The SMILES string of the molecule is Cc1csc(SCC(=O)Nc2ccc(C)c(Cl)c2)n1. The molecule has 0 spiro atoms. The summed E-state index contributed by atoms with van der Waals surface area (Å²) in [5, 5.41) is 5.45. The smallest absolute Gasteiger partial charge is 0.234 e. The molecule has 2 aromatic rings. The molecule has 0 saturated carbocycles. The Morgan fingerprint density at radius 1 is 1.47 bits per heavy atom. The van der Waals surface area contributed by atoms with E-state index in [0.29, 0.717) is 10.8 Å². The number of aryl methyl sites for hydroxylation is 2. The molecule has 0 fully saturated rings. The molecule has 0 saturated heterocycles. The van der Waals surface area contributed by atoms with Crippen molar-refractivity contribution in [3.05, 3.63) is 39.9 Å². The predicted molar refractivity (Wildman–Crippen MR) is 82.4 cm³/mol. The lowest BCUT2D eigenvalue weighted by atomic mass is 10.2. The summed E-state index contributed by atoms with van der Waals surface area (Å²) in [7, 11) is 0. The van der Waals surface area contributed by atoms with Gasteiger partial charge in [-0.1, -0.05) is 29.4 Å². The number of aromatic nitrogens is 1. The van der Waals surface area contributed by atoms with E-state index in [0.717, 1.165) is 21.3 Å². The summed E-state index contributed by atoms with van der Waals surface area (Å²) in [6.45, 7) is 3.86. The molecule has 0 unspecified atom stereocenters. The highest BCUT2D eigenvalue weighted by Crippen LogP contribution is 2.23. The van der Waals surface area contributed by atoms with Gasteiger partial charge in [0.1, 0.15) is 0 Å². The molecular formula is C13H13ClN2OS2. The lowest BCUT2D eigenvalue weighted by molar-refractivity contribution is -0.113. The predicted octanol–water partition coefficient (Wildman–Crippen LogP) is 4.14. The van der Waals surface area contributed by atoms with Crippen molar-refractivity contribution in [3.63, 3.8) is 0 Å². The van der Waals surface area contributed by atoms with Crippen LogP contribution in [0.15, 0.2) is 27.9 Å². The third-order valence-corrected chi connectivity index (χ3v) is 4.93. The monoisotopic (exact) mass is 312 g/mol. The average Bonchev–Trinajstić information content (AvgIpc) is 2.77. The topological polar surface area (TPSA) is 42.0 Å². The number of carbonyl (C=O) groups is 1. The number of anilines is 1. The van der Waals surface area contributed by atoms with Crippen molar-refractivity contribution in [2.75, 3.05) is 11.1 Å². The molecule has 1 aromatic heterocycles. The molecule has 0 aliphatic heterocycles. The Morgan fingerprint density at radius 3 is 2.89 bits per heavy atom. The van der Waals surface area contributed by atoms with Crippen molar-refractivity contribution in [1.82, 2.24) is 4.98 Å². The van der Waals surface area contributed by atoms with Crippen molar-refractivity contribution in [3.8, 4) is 0 Å². The first-order chi connectivity index (χ1) is 9.04. The van der Waals surface area contributed by atoms with E-state index in [2.05, 4.69) is 10.3 Å². The Hall–Kier alpha value is -1.04. The molecule has 0 aliphatic rings. The number of rotatable bonds is 4. The second-order valence-electron chi connectivity index (χ2n) is 4.06. The molecule has 0 aliphatic carbocycles. The summed E-state index contributed by atoms with van der Waals surface area (Å²) >= 11 is 9.00. The standard InChI is InChI=1S/C13H13ClN2OS2/c1-8-3-4-10(5-11(8)14)16-12(17)7-19-13-15-9(2)6-18-13/h3-6H,7H2,1-2H3,(H,16,17). The Labute approximate surface area is 125 Å². The molecule has 3 nitrogen and oxygen atoms in total. The van der Waals surface area contributed by atoms with Crippen LogP contribution in [0.5, 0.6) is 0 Å². The first-order valence-corrected chi connectivity index (χ1v) is 7.90. The summed E-state index contributed by atoms with van der Waals surface area (Å²) in [5.41, 5.74) is 2.70. The molecule has 1 amide bonds. The number of carbonyl (C=O) groups excluding carboxylic acids is 1. The van der Waals surface area contributed by atoms with Gasteiger partial charge in [-0.25, -0.2) is 4.98 Å². The van der Waals surface area contributed by atoms with Crippen molar-refractivity contribution in [2.24, 2.45) is 0 Å². The number of nitrogens with one attached hydrogen (secondary N) is 1. The second-order valence-corrected chi connectivity index (χ2v) is 6.54. The van der Waals surface area contributed by atoms with Gasteiger partial charge in [-0.3, -0.25) is 4.79 Å². The highest BCUT2D eigenvalue weighted by Gasteiger charge is 2.07. The maximum atomic E-state index is 11.8. The van der Waals surface area contributed by atoms with Gasteiger partial charge in [0, 0.05) is 21.8 Å². The van der Waals surface area contributed by atoms with Gasteiger partial charge in [0.25, 0.3) is 0 Å². The van der Waals surface area contributed by atoms with Crippen molar-refractivity contribution < 1.29 is 4.79 Å². The van der Waals surface area contributed by atoms with Gasteiger partial charge in [-0.15, -0.1) is 11.3 Å². The Balaban J connectivity index is 1.88. The van der Waals surface area contributed by atoms with Gasteiger partial charge in [-0.05, 0) is 31.5 Å². The number of nitrogens with zero attached hydrogens (tertiary/aromatic N) is 1. The number of halogens is 1. The highest BCUT2D eigenvalue weighted by atomic mass is 35.5. The summed E-state index contributed by atoms with van der Waals surface area (Å²) in [5.74, 6) is 0.288. The molecule has 0 radical (unpaired) electrons. The average molecular weight is 313 g/mol.